The Bertz CT molecular complexity index is 772. The van der Waals surface area contributed by atoms with Gasteiger partial charge in [-0.2, -0.15) is 0 Å². The van der Waals surface area contributed by atoms with Crippen LogP contribution < -0.4 is 0 Å². The SMILES string of the molecule is Cc1ccc(CC(=O)O[C@@H](C)C(=O)N(C)[C@@H]2CCS(=O)(=O)C2)cc1C. The number of amides is 1. The monoisotopic (exact) mass is 367 g/mol. The van der Waals surface area contributed by atoms with E-state index in [0.29, 0.717) is 6.42 Å². The van der Waals surface area contributed by atoms with Gasteiger partial charge in [-0.05, 0) is 43.9 Å². The maximum atomic E-state index is 12.4. The summed E-state index contributed by atoms with van der Waals surface area (Å²) >= 11 is 0. The molecule has 0 spiro atoms. The first kappa shape index (κ1) is 19.4. The van der Waals surface area contributed by atoms with Crippen LogP contribution in [0.4, 0.5) is 0 Å². The minimum atomic E-state index is -3.07. The number of benzene rings is 1. The molecule has 0 aromatic heterocycles. The highest BCUT2D eigenvalue weighted by atomic mass is 32.2. The van der Waals surface area contributed by atoms with Crippen molar-refractivity contribution in [3.63, 3.8) is 0 Å². The number of hydrogen-bond acceptors (Lipinski definition) is 5. The lowest BCUT2D eigenvalue weighted by molar-refractivity contribution is -0.158. The largest absolute Gasteiger partial charge is 0.452 e. The summed E-state index contributed by atoms with van der Waals surface area (Å²) in [4.78, 5) is 25.9. The molecule has 1 aromatic rings. The Balaban J connectivity index is 1.91. The highest BCUT2D eigenvalue weighted by Crippen LogP contribution is 2.18. The standard InChI is InChI=1S/C18H25NO5S/c1-12-5-6-15(9-13(12)2)10-17(20)24-14(3)18(21)19(4)16-7-8-25(22,23)11-16/h5-6,9,14,16H,7-8,10-11H2,1-4H3/t14-,16+/m0/s1. The summed E-state index contributed by atoms with van der Waals surface area (Å²) in [5, 5.41) is 0. The van der Waals surface area contributed by atoms with Crippen LogP contribution in [-0.2, 0) is 30.6 Å². The summed E-state index contributed by atoms with van der Waals surface area (Å²) in [7, 11) is -1.52. The van der Waals surface area contributed by atoms with Gasteiger partial charge in [0.05, 0.1) is 17.9 Å². The van der Waals surface area contributed by atoms with Crippen LogP contribution in [0, 0.1) is 13.8 Å². The Morgan fingerprint density at radius 1 is 1.28 bits per heavy atom. The molecular formula is C18H25NO5S. The average Bonchev–Trinajstić information content (AvgIpc) is 2.89. The van der Waals surface area contributed by atoms with Gasteiger partial charge in [0.25, 0.3) is 5.91 Å². The molecule has 138 valence electrons. The number of rotatable bonds is 5. The van der Waals surface area contributed by atoms with Crippen molar-refractivity contribution in [2.24, 2.45) is 0 Å². The second kappa shape index (κ2) is 7.56. The fraction of sp³-hybridized carbons (Fsp3) is 0.556. The van der Waals surface area contributed by atoms with E-state index in [1.54, 1.807) is 7.05 Å². The smallest absolute Gasteiger partial charge is 0.311 e. The molecule has 0 saturated carbocycles. The molecule has 1 fully saturated rings. The number of carbonyl (C=O) groups excluding carboxylic acids is 2. The van der Waals surface area contributed by atoms with Crippen LogP contribution in [0.5, 0.6) is 0 Å². The van der Waals surface area contributed by atoms with E-state index >= 15 is 0 Å². The van der Waals surface area contributed by atoms with Crippen molar-refractivity contribution in [1.82, 2.24) is 4.90 Å². The third-order valence-corrected chi connectivity index (χ3v) is 6.43. The molecule has 0 radical (unpaired) electrons. The van der Waals surface area contributed by atoms with Crippen molar-refractivity contribution >= 4 is 21.7 Å². The van der Waals surface area contributed by atoms with Gasteiger partial charge in [-0.15, -0.1) is 0 Å². The molecule has 1 aliphatic heterocycles. The highest BCUT2D eigenvalue weighted by molar-refractivity contribution is 7.91. The third kappa shape index (κ3) is 5.04. The summed E-state index contributed by atoms with van der Waals surface area (Å²) < 4.78 is 28.3. The number of carbonyl (C=O) groups is 2. The molecular weight excluding hydrogens is 342 g/mol. The van der Waals surface area contributed by atoms with E-state index in [1.165, 1.54) is 11.8 Å². The number of hydrogen-bond donors (Lipinski definition) is 0. The zero-order chi connectivity index (χ0) is 18.8. The van der Waals surface area contributed by atoms with Crippen LogP contribution in [0.2, 0.25) is 0 Å². The quantitative estimate of drug-likeness (QED) is 0.736. The minimum absolute atomic E-state index is 0.0292. The fourth-order valence-corrected chi connectivity index (χ4v) is 4.69. The number of sulfone groups is 1. The zero-order valence-corrected chi connectivity index (χ0v) is 15.9. The molecule has 0 aliphatic carbocycles. The fourth-order valence-electron chi connectivity index (χ4n) is 2.92. The molecule has 0 unspecified atom stereocenters. The van der Waals surface area contributed by atoms with E-state index in [2.05, 4.69) is 0 Å². The first-order valence-corrected chi connectivity index (χ1v) is 10.1. The molecule has 7 heteroatoms. The normalized spacial score (nSPS) is 20.1. The number of esters is 1. The van der Waals surface area contributed by atoms with E-state index in [0.717, 1.165) is 16.7 Å². The van der Waals surface area contributed by atoms with Crippen LogP contribution in [0.3, 0.4) is 0 Å². The van der Waals surface area contributed by atoms with E-state index in [4.69, 9.17) is 4.74 Å². The molecule has 2 atom stereocenters. The van der Waals surface area contributed by atoms with Crippen molar-refractivity contribution in [2.75, 3.05) is 18.6 Å². The Hall–Kier alpha value is -1.89. The van der Waals surface area contributed by atoms with E-state index in [9.17, 15) is 18.0 Å². The molecule has 1 aromatic carbocycles. The second-order valence-corrected chi connectivity index (χ2v) is 8.96. The molecule has 25 heavy (non-hydrogen) atoms. The summed E-state index contributed by atoms with van der Waals surface area (Å²) in [5.41, 5.74) is 3.08. The summed E-state index contributed by atoms with van der Waals surface area (Å²) in [6, 6.07) is 5.39. The maximum absolute atomic E-state index is 12.4. The molecule has 6 nitrogen and oxygen atoms in total. The lowest BCUT2D eigenvalue weighted by atomic mass is 10.0. The van der Waals surface area contributed by atoms with E-state index in [-0.39, 0.29) is 29.9 Å². The van der Waals surface area contributed by atoms with Crippen LogP contribution >= 0.6 is 0 Å². The van der Waals surface area contributed by atoms with Crippen molar-refractivity contribution in [3.05, 3.63) is 34.9 Å². The van der Waals surface area contributed by atoms with Gasteiger partial charge < -0.3 is 9.64 Å². The Morgan fingerprint density at radius 3 is 2.52 bits per heavy atom. The first-order valence-electron chi connectivity index (χ1n) is 8.32. The average molecular weight is 367 g/mol. The highest BCUT2D eigenvalue weighted by Gasteiger charge is 2.34. The van der Waals surface area contributed by atoms with Gasteiger partial charge in [0, 0.05) is 13.1 Å². The molecule has 0 bridgehead atoms. The number of likely N-dealkylation sites (N-methyl/N-ethyl adjacent to an activating group) is 1. The van der Waals surface area contributed by atoms with Gasteiger partial charge in [0.1, 0.15) is 0 Å². The summed E-state index contributed by atoms with van der Waals surface area (Å²) in [5.74, 6) is -0.790. The summed E-state index contributed by atoms with van der Waals surface area (Å²) in [6.45, 7) is 5.48. The zero-order valence-electron chi connectivity index (χ0n) is 15.1. The molecule has 2 rings (SSSR count). The number of nitrogens with zero attached hydrogens (tertiary/aromatic N) is 1. The van der Waals surface area contributed by atoms with Crippen molar-refractivity contribution < 1.29 is 22.7 Å². The summed E-state index contributed by atoms with van der Waals surface area (Å²) in [6.07, 6.45) is -0.416. The van der Waals surface area contributed by atoms with Crippen LogP contribution in [0.25, 0.3) is 0 Å². The third-order valence-electron chi connectivity index (χ3n) is 4.68. The van der Waals surface area contributed by atoms with Crippen LogP contribution in [0.1, 0.15) is 30.0 Å². The lowest BCUT2D eigenvalue weighted by Gasteiger charge is -2.26. The van der Waals surface area contributed by atoms with Gasteiger partial charge >= 0.3 is 5.97 Å². The maximum Gasteiger partial charge on any atom is 0.311 e. The van der Waals surface area contributed by atoms with Gasteiger partial charge in [0.2, 0.25) is 0 Å². The van der Waals surface area contributed by atoms with Crippen molar-refractivity contribution in [3.8, 4) is 0 Å². The van der Waals surface area contributed by atoms with Gasteiger partial charge in [-0.25, -0.2) is 8.42 Å². The van der Waals surface area contributed by atoms with E-state index in [1.807, 2.05) is 32.0 Å². The molecule has 0 N–H and O–H groups in total. The van der Waals surface area contributed by atoms with Gasteiger partial charge in [-0.1, -0.05) is 18.2 Å². The number of ether oxygens (including phenoxy) is 1. The topological polar surface area (TPSA) is 80.8 Å². The molecule has 1 saturated heterocycles. The lowest BCUT2D eigenvalue weighted by Crippen LogP contribution is -2.44. The van der Waals surface area contributed by atoms with Crippen LogP contribution in [0.15, 0.2) is 18.2 Å². The first-order chi connectivity index (χ1) is 11.6. The van der Waals surface area contributed by atoms with Gasteiger partial charge in [0.15, 0.2) is 15.9 Å². The molecule has 1 heterocycles. The van der Waals surface area contributed by atoms with Crippen molar-refractivity contribution in [1.29, 1.82) is 0 Å². The Labute approximate surface area is 149 Å². The predicted molar refractivity (Wildman–Crippen MR) is 95.0 cm³/mol. The Morgan fingerprint density at radius 2 is 1.96 bits per heavy atom. The van der Waals surface area contributed by atoms with E-state index < -0.39 is 21.9 Å². The molecule has 1 amide bonds. The predicted octanol–water partition coefficient (Wildman–Crippen LogP) is 1.42. The Kier molecular flexibility index (Phi) is 5.87. The second-order valence-electron chi connectivity index (χ2n) is 6.73. The minimum Gasteiger partial charge on any atom is -0.452 e. The number of aryl methyl sites for hydroxylation is 2. The van der Waals surface area contributed by atoms with Crippen LogP contribution in [-0.4, -0.2) is 55.9 Å². The molecule has 1 aliphatic rings. The van der Waals surface area contributed by atoms with Gasteiger partial charge in [-0.3, -0.25) is 9.59 Å². The van der Waals surface area contributed by atoms with Crippen molar-refractivity contribution in [2.45, 2.75) is 45.8 Å².